The topological polar surface area (TPSA) is 166 Å². The van der Waals surface area contributed by atoms with Crippen LogP contribution in [0.15, 0.2) is 84.9 Å². The van der Waals surface area contributed by atoms with Gasteiger partial charge < -0.3 is 31.5 Å². The number of carbonyl (C=O) groups excluding carboxylic acids is 6. The Balaban J connectivity index is 1.06. The predicted molar refractivity (Wildman–Crippen MR) is 236 cm³/mol. The Labute approximate surface area is 360 Å². The number of unbranched alkanes of at least 4 members (excludes halogenated alkanes) is 7. The van der Waals surface area contributed by atoms with E-state index < -0.39 is 23.8 Å². The van der Waals surface area contributed by atoms with Crippen molar-refractivity contribution in [2.75, 3.05) is 26.2 Å². The molecule has 1 aliphatic heterocycles. The van der Waals surface area contributed by atoms with Crippen molar-refractivity contribution < 1.29 is 28.8 Å². The summed E-state index contributed by atoms with van der Waals surface area (Å²) in [6.07, 6.45) is 10.9. The van der Waals surface area contributed by atoms with E-state index in [1.54, 1.807) is 29.2 Å². The Kier molecular flexibility index (Phi) is 16.5. The smallest absolute Gasteiger partial charge is 0.253 e. The second-order valence-electron chi connectivity index (χ2n) is 17.1. The first-order valence-electron chi connectivity index (χ1n) is 22.6. The summed E-state index contributed by atoms with van der Waals surface area (Å²) in [7, 11) is 0. The molecule has 2 saturated carbocycles. The molecule has 0 radical (unpaired) electrons. The van der Waals surface area contributed by atoms with E-state index in [0.29, 0.717) is 18.5 Å². The quantitative estimate of drug-likeness (QED) is 0.0737. The van der Waals surface area contributed by atoms with E-state index in [1.807, 2.05) is 36.4 Å². The van der Waals surface area contributed by atoms with Crippen LogP contribution in [-0.2, 0) is 19.2 Å². The van der Waals surface area contributed by atoms with Gasteiger partial charge in [0.1, 0.15) is 6.04 Å². The summed E-state index contributed by atoms with van der Waals surface area (Å²) in [6.45, 7) is 4.83. The summed E-state index contributed by atoms with van der Waals surface area (Å²) < 4.78 is 0. The zero-order valence-electron chi connectivity index (χ0n) is 35.8. The molecular weight excluding hydrogens is 769 g/mol. The molecule has 326 valence electrons. The van der Waals surface area contributed by atoms with Crippen molar-refractivity contribution in [1.82, 2.24) is 31.5 Å². The number of carbonyl (C=O) groups is 6. The van der Waals surface area contributed by atoms with Crippen LogP contribution >= 0.6 is 0 Å². The van der Waals surface area contributed by atoms with Gasteiger partial charge in [-0.25, -0.2) is 0 Å². The van der Waals surface area contributed by atoms with Crippen LogP contribution in [0, 0.1) is 11.8 Å². The van der Waals surface area contributed by atoms with E-state index in [1.165, 1.54) is 0 Å². The van der Waals surface area contributed by atoms with Crippen molar-refractivity contribution in [3.63, 3.8) is 0 Å². The van der Waals surface area contributed by atoms with Gasteiger partial charge in [-0.3, -0.25) is 28.8 Å². The second-order valence-corrected chi connectivity index (χ2v) is 17.1. The molecule has 6 amide bonds. The molecular formula is C49H64N6O6. The third kappa shape index (κ3) is 13.0. The maximum absolute atomic E-state index is 13.9. The third-order valence-electron chi connectivity index (χ3n) is 12.3. The van der Waals surface area contributed by atoms with Crippen molar-refractivity contribution in [2.24, 2.45) is 11.8 Å². The van der Waals surface area contributed by atoms with Crippen molar-refractivity contribution in [3.05, 3.63) is 107 Å². The molecule has 12 heteroatoms. The number of hydrogen-bond donors (Lipinski definition) is 5. The van der Waals surface area contributed by atoms with Gasteiger partial charge in [-0.1, -0.05) is 119 Å². The van der Waals surface area contributed by atoms with Crippen LogP contribution in [0.4, 0.5) is 0 Å². The SMILES string of the molecule is CCCCCCCC(=O)N[C@@H](CNC(=O)c1ccc(C(=O)N2C[C@@H](C(=O)N[C@H]3C[C@@H]3c3ccccc3)[C@H](C(=O)N[C@H]3C[C@@H]3c3ccccc3)C2)cc1)C(=O)NCCCCCC. The number of likely N-dealkylation sites (tertiary alicyclic amines) is 1. The van der Waals surface area contributed by atoms with Gasteiger partial charge >= 0.3 is 0 Å². The van der Waals surface area contributed by atoms with Gasteiger partial charge in [-0.15, -0.1) is 0 Å². The number of nitrogens with zero attached hydrogens (tertiary/aromatic N) is 1. The van der Waals surface area contributed by atoms with Crippen LogP contribution < -0.4 is 26.6 Å². The molecule has 61 heavy (non-hydrogen) atoms. The van der Waals surface area contributed by atoms with Crippen molar-refractivity contribution >= 4 is 35.4 Å². The Hall–Kier alpha value is -5.52. The number of amides is 6. The lowest BCUT2D eigenvalue weighted by Crippen LogP contribution is -2.52. The molecule has 1 heterocycles. The molecule has 0 spiro atoms. The van der Waals surface area contributed by atoms with Crippen LogP contribution in [0.3, 0.4) is 0 Å². The lowest BCUT2D eigenvalue weighted by atomic mass is 9.94. The van der Waals surface area contributed by atoms with Gasteiger partial charge in [0.25, 0.3) is 11.8 Å². The molecule has 3 fully saturated rings. The monoisotopic (exact) mass is 832 g/mol. The highest BCUT2D eigenvalue weighted by Gasteiger charge is 2.49. The highest BCUT2D eigenvalue weighted by atomic mass is 16.2. The molecule has 0 unspecified atom stereocenters. The van der Waals surface area contributed by atoms with Crippen LogP contribution in [-0.4, -0.2) is 84.6 Å². The summed E-state index contributed by atoms with van der Waals surface area (Å²) in [4.78, 5) is 82.5. The molecule has 3 aliphatic rings. The number of nitrogens with one attached hydrogen (secondary N) is 5. The van der Waals surface area contributed by atoms with Crippen LogP contribution in [0.25, 0.3) is 0 Å². The molecule has 7 atom stereocenters. The van der Waals surface area contributed by atoms with E-state index in [4.69, 9.17) is 0 Å². The highest BCUT2D eigenvalue weighted by Crippen LogP contribution is 2.42. The Morgan fingerprint density at radius 2 is 1.11 bits per heavy atom. The number of rotatable bonds is 23. The summed E-state index contributed by atoms with van der Waals surface area (Å²) in [5.74, 6) is -2.82. The van der Waals surface area contributed by atoms with Gasteiger partial charge in [0, 0.05) is 67.6 Å². The van der Waals surface area contributed by atoms with Crippen molar-refractivity contribution in [2.45, 2.75) is 121 Å². The van der Waals surface area contributed by atoms with Crippen LogP contribution in [0.2, 0.25) is 0 Å². The zero-order valence-corrected chi connectivity index (χ0v) is 35.8. The molecule has 0 aromatic heterocycles. The van der Waals surface area contributed by atoms with Gasteiger partial charge in [0.05, 0.1) is 11.8 Å². The lowest BCUT2D eigenvalue weighted by molar-refractivity contribution is -0.133. The second kappa shape index (κ2) is 22.4. The molecule has 5 N–H and O–H groups in total. The largest absolute Gasteiger partial charge is 0.354 e. The predicted octanol–water partition coefficient (Wildman–Crippen LogP) is 5.99. The first kappa shape index (κ1) is 45.0. The standard InChI is InChI=1S/C49H64N6O6/c1-3-5-7-9-16-22-44(56)52-43(48(60)50-27-17-8-6-4-2)30-51-45(57)35-23-25-36(26-24-35)49(61)55-31-39(46(58)53-41-28-37(41)33-18-12-10-13-19-33)40(32-55)47(59)54-42-29-38(42)34-20-14-11-15-21-34/h10-15,18-21,23-26,37-43H,3-9,16-17,22,27-32H2,1-2H3,(H,50,60)(H,51,57)(H,52,56)(H,53,58)(H,54,59)/t37-,38-,39-,40-,41+,42+,43+/m1/s1. The fraction of sp³-hybridized carbons (Fsp3) is 0.510. The summed E-state index contributed by atoms with van der Waals surface area (Å²) >= 11 is 0. The van der Waals surface area contributed by atoms with E-state index in [2.05, 4.69) is 64.7 Å². The van der Waals surface area contributed by atoms with E-state index in [-0.39, 0.29) is 78.7 Å². The summed E-state index contributed by atoms with van der Waals surface area (Å²) in [5, 5.41) is 14.9. The first-order chi connectivity index (χ1) is 29.7. The minimum Gasteiger partial charge on any atom is -0.354 e. The normalized spacial score (nSPS) is 21.8. The molecule has 1 saturated heterocycles. The molecule has 6 rings (SSSR count). The van der Waals surface area contributed by atoms with Crippen molar-refractivity contribution in [1.29, 1.82) is 0 Å². The molecule has 3 aromatic carbocycles. The minimum absolute atomic E-state index is 0.0234. The fourth-order valence-electron chi connectivity index (χ4n) is 8.42. The molecule has 0 bridgehead atoms. The Bertz CT molecular complexity index is 1870. The fourth-order valence-corrected chi connectivity index (χ4v) is 8.42. The van der Waals surface area contributed by atoms with Crippen LogP contribution in [0.5, 0.6) is 0 Å². The highest BCUT2D eigenvalue weighted by molar-refractivity contribution is 5.99. The maximum Gasteiger partial charge on any atom is 0.253 e. The average Bonchev–Trinajstić information content (AvgIpc) is 4.19. The van der Waals surface area contributed by atoms with E-state index >= 15 is 0 Å². The number of benzene rings is 3. The summed E-state index contributed by atoms with van der Waals surface area (Å²) in [5.41, 5.74) is 2.93. The third-order valence-corrected chi connectivity index (χ3v) is 12.3. The van der Waals surface area contributed by atoms with Crippen molar-refractivity contribution in [3.8, 4) is 0 Å². The lowest BCUT2D eigenvalue weighted by Gasteiger charge is -2.19. The summed E-state index contributed by atoms with van der Waals surface area (Å²) in [6, 6.07) is 25.3. The van der Waals surface area contributed by atoms with Gasteiger partial charge in [-0.05, 0) is 61.1 Å². The molecule has 3 aromatic rings. The Morgan fingerprint density at radius 3 is 1.66 bits per heavy atom. The van der Waals surface area contributed by atoms with Gasteiger partial charge in [0.2, 0.25) is 23.6 Å². The molecule has 12 nitrogen and oxygen atoms in total. The van der Waals surface area contributed by atoms with E-state index in [0.717, 1.165) is 81.8 Å². The maximum atomic E-state index is 13.9. The minimum atomic E-state index is -0.933. The van der Waals surface area contributed by atoms with Gasteiger partial charge in [0.15, 0.2) is 0 Å². The van der Waals surface area contributed by atoms with Crippen LogP contribution in [0.1, 0.15) is 135 Å². The molecule has 2 aliphatic carbocycles. The zero-order chi connectivity index (χ0) is 43.1. The Morgan fingerprint density at radius 1 is 0.607 bits per heavy atom. The first-order valence-corrected chi connectivity index (χ1v) is 22.6. The van der Waals surface area contributed by atoms with E-state index in [9.17, 15) is 28.8 Å². The number of hydrogen-bond acceptors (Lipinski definition) is 6. The average molecular weight is 833 g/mol. The van der Waals surface area contributed by atoms with Gasteiger partial charge in [-0.2, -0.15) is 0 Å².